The Morgan fingerprint density at radius 1 is 1.40 bits per heavy atom. The fourth-order valence-electron chi connectivity index (χ4n) is 3.15. The second kappa shape index (κ2) is 9.40. The zero-order valence-corrected chi connectivity index (χ0v) is 16.7. The van der Waals surface area contributed by atoms with Gasteiger partial charge in [0.1, 0.15) is 5.82 Å². The van der Waals surface area contributed by atoms with Crippen LogP contribution in [0.4, 0.5) is 26.5 Å². The van der Waals surface area contributed by atoms with Crippen LogP contribution in [0.25, 0.3) is 0 Å². The lowest BCUT2D eigenvalue weighted by Gasteiger charge is -2.19. The van der Waals surface area contributed by atoms with Crippen LogP contribution < -0.4 is 21.3 Å². The summed E-state index contributed by atoms with van der Waals surface area (Å²) in [4.78, 5) is 27.5. The number of nitrogens with one attached hydrogen (secondary N) is 4. The lowest BCUT2D eigenvalue weighted by molar-refractivity contribution is 0.0966. The Hall–Kier alpha value is -3.40. The number of aryl methyl sites for hydroxylation is 1. The number of carbonyl (C=O) groups excluding carboxylic acids is 1. The van der Waals surface area contributed by atoms with Crippen LogP contribution in [0.1, 0.15) is 28.4 Å². The predicted molar refractivity (Wildman–Crippen MR) is 110 cm³/mol. The first-order valence-corrected chi connectivity index (χ1v) is 9.54. The van der Waals surface area contributed by atoms with E-state index in [1.807, 2.05) is 31.2 Å². The second-order valence-electron chi connectivity index (χ2n) is 6.84. The predicted octanol–water partition coefficient (Wildman–Crippen LogP) is 2.60. The number of ether oxygens (including phenoxy) is 1. The fourth-order valence-corrected chi connectivity index (χ4v) is 3.15. The minimum Gasteiger partial charge on any atom is -0.465 e. The smallest absolute Gasteiger partial charge is 0.405 e. The minimum absolute atomic E-state index is 0.0510. The van der Waals surface area contributed by atoms with Crippen molar-refractivity contribution >= 4 is 29.3 Å². The molecule has 0 aliphatic carbocycles. The van der Waals surface area contributed by atoms with Crippen LogP contribution in [0.3, 0.4) is 0 Å². The van der Waals surface area contributed by atoms with E-state index in [1.165, 1.54) is 0 Å². The number of fused-ring (bicyclic) bond motifs is 1. The van der Waals surface area contributed by atoms with E-state index < -0.39 is 23.9 Å². The first kappa shape index (κ1) is 21.3. The van der Waals surface area contributed by atoms with Gasteiger partial charge in [-0.1, -0.05) is 12.1 Å². The minimum atomic E-state index is -1.21. The van der Waals surface area contributed by atoms with Crippen LogP contribution in [0, 0.1) is 12.7 Å². The van der Waals surface area contributed by atoms with E-state index in [9.17, 15) is 14.0 Å². The van der Waals surface area contributed by atoms with Gasteiger partial charge in [0.15, 0.2) is 11.6 Å². The maximum Gasteiger partial charge on any atom is 0.405 e. The molecule has 1 aromatic heterocycles. The number of benzene rings is 1. The maximum absolute atomic E-state index is 15.0. The van der Waals surface area contributed by atoms with Gasteiger partial charge in [-0.2, -0.15) is 0 Å². The largest absolute Gasteiger partial charge is 0.465 e. The molecule has 0 saturated heterocycles. The summed E-state index contributed by atoms with van der Waals surface area (Å²) in [6.07, 6.45) is -1.21. The Kier molecular flexibility index (Phi) is 6.68. The maximum atomic E-state index is 15.0. The summed E-state index contributed by atoms with van der Waals surface area (Å²) in [5.74, 6) is -0.903. The van der Waals surface area contributed by atoms with Crippen molar-refractivity contribution in [3.05, 3.63) is 46.8 Å². The highest BCUT2D eigenvalue weighted by atomic mass is 19.1. The third kappa shape index (κ3) is 4.95. The number of hydrogen-bond donors (Lipinski definition) is 5. The molecule has 1 unspecified atom stereocenters. The number of carboxylic acid groups (broad SMARTS) is 1. The molecule has 1 aliphatic heterocycles. The number of pyridine rings is 1. The average Bonchev–Trinajstić information content (AvgIpc) is 3.09. The number of hydrogen-bond acceptors (Lipinski definition) is 6. The molecule has 160 valence electrons. The van der Waals surface area contributed by atoms with Crippen molar-refractivity contribution in [1.29, 1.82) is 0 Å². The van der Waals surface area contributed by atoms with Crippen molar-refractivity contribution in [3.8, 4) is 0 Å². The highest BCUT2D eigenvalue weighted by Gasteiger charge is 2.30. The Morgan fingerprint density at radius 3 is 2.90 bits per heavy atom. The van der Waals surface area contributed by atoms with Crippen molar-refractivity contribution in [2.45, 2.75) is 26.4 Å². The van der Waals surface area contributed by atoms with Crippen molar-refractivity contribution in [1.82, 2.24) is 15.6 Å². The summed E-state index contributed by atoms with van der Waals surface area (Å²) in [6, 6.07) is 6.88. The molecule has 2 heterocycles. The number of nitrogens with zero attached hydrogens (tertiary/aromatic N) is 1. The SMILES string of the molecule is CCOCC(CNc1nc(Nc2cccc(C)c2)c2c(c1F)CNC2=O)NC(=O)O. The van der Waals surface area contributed by atoms with E-state index >= 15 is 0 Å². The summed E-state index contributed by atoms with van der Waals surface area (Å²) < 4.78 is 20.3. The van der Waals surface area contributed by atoms with Crippen LogP contribution >= 0.6 is 0 Å². The molecule has 0 bridgehead atoms. The van der Waals surface area contributed by atoms with Crippen LogP contribution in [-0.2, 0) is 11.3 Å². The van der Waals surface area contributed by atoms with Gasteiger partial charge in [-0.25, -0.2) is 14.2 Å². The molecule has 10 heteroatoms. The quantitative estimate of drug-likeness (QED) is 0.425. The zero-order chi connectivity index (χ0) is 21.7. The summed E-state index contributed by atoms with van der Waals surface area (Å²) >= 11 is 0. The van der Waals surface area contributed by atoms with Gasteiger partial charge < -0.3 is 31.1 Å². The molecule has 9 nitrogen and oxygen atoms in total. The number of carbonyl (C=O) groups is 2. The summed E-state index contributed by atoms with van der Waals surface area (Å²) in [6.45, 7) is 4.37. The molecular weight excluding hydrogens is 393 g/mol. The van der Waals surface area contributed by atoms with Crippen molar-refractivity contribution in [2.24, 2.45) is 0 Å². The first-order chi connectivity index (χ1) is 14.4. The summed E-state index contributed by atoms with van der Waals surface area (Å²) in [7, 11) is 0. The monoisotopic (exact) mass is 417 g/mol. The normalized spacial score (nSPS) is 13.4. The van der Waals surface area contributed by atoms with Crippen LogP contribution in [0.2, 0.25) is 0 Å². The number of halogens is 1. The Bertz CT molecular complexity index is 953. The van der Waals surface area contributed by atoms with Gasteiger partial charge in [0, 0.05) is 30.9 Å². The topological polar surface area (TPSA) is 125 Å². The van der Waals surface area contributed by atoms with Crippen molar-refractivity contribution < 1.29 is 23.8 Å². The molecule has 1 aromatic carbocycles. The van der Waals surface area contributed by atoms with Gasteiger partial charge >= 0.3 is 6.09 Å². The average molecular weight is 417 g/mol. The van der Waals surface area contributed by atoms with E-state index in [0.717, 1.165) is 5.56 Å². The Labute approximate surface area is 173 Å². The number of rotatable bonds is 9. The van der Waals surface area contributed by atoms with Gasteiger partial charge in [-0.05, 0) is 31.5 Å². The van der Waals surface area contributed by atoms with Crippen molar-refractivity contribution in [3.63, 3.8) is 0 Å². The second-order valence-corrected chi connectivity index (χ2v) is 6.84. The molecule has 0 saturated carbocycles. The van der Waals surface area contributed by atoms with Crippen LogP contribution in [-0.4, -0.2) is 47.9 Å². The van der Waals surface area contributed by atoms with Crippen LogP contribution in [0.15, 0.2) is 24.3 Å². The summed E-state index contributed by atoms with van der Waals surface area (Å²) in [5, 5.41) is 19.8. The molecule has 0 fully saturated rings. The number of aromatic nitrogens is 1. The number of amides is 2. The van der Waals surface area contributed by atoms with Gasteiger partial charge in [0.05, 0.1) is 18.2 Å². The third-order valence-corrected chi connectivity index (χ3v) is 4.54. The molecule has 0 radical (unpaired) electrons. The highest BCUT2D eigenvalue weighted by molar-refractivity contribution is 6.03. The first-order valence-electron chi connectivity index (χ1n) is 9.54. The molecule has 2 aromatic rings. The van der Waals surface area contributed by atoms with Crippen LogP contribution in [0.5, 0.6) is 0 Å². The van der Waals surface area contributed by atoms with Gasteiger partial charge in [-0.15, -0.1) is 0 Å². The molecule has 1 atom stereocenters. The van der Waals surface area contributed by atoms with E-state index in [2.05, 4.69) is 26.3 Å². The standard InChI is InChI=1S/C20H24FN5O4/c1-3-30-10-13(25-20(28)29)8-22-18-16(21)14-9-23-19(27)15(14)17(26-18)24-12-6-4-5-11(2)7-12/h4-7,13,25H,3,8-10H2,1-2H3,(H,23,27)(H,28,29)(H2,22,24,26). The lowest BCUT2D eigenvalue weighted by Crippen LogP contribution is -2.42. The van der Waals surface area contributed by atoms with Gasteiger partial charge in [-0.3, -0.25) is 4.79 Å². The van der Waals surface area contributed by atoms with E-state index in [4.69, 9.17) is 9.84 Å². The van der Waals surface area contributed by atoms with Gasteiger partial charge in [0.2, 0.25) is 0 Å². The van der Waals surface area contributed by atoms with Crippen molar-refractivity contribution in [2.75, 3.05) is 30.4 Å². The van der Waals surface area contributed by atoms with E-state index in [-0.39, 0.29) is 42.5 Å². The molecule has 5 N–H and O–H groups in total. The molecule has 0 spiro atoms. The molecule has 3 rings (SSSR count). The summed E-state index contributed by atoms with van der Waals surface area (Å²) in [5.41, 5.74) is 2.10. The zero-order valence-electron chi connectivity index (χ0n) is 16.7. The lowest BCUT2D eigenvalue weighted by atomic mass is 10.1. The molecule has 2 amide bonds. The number of anilines is 3. The Morgan fingerprint density at radius 2 is 2.20 bits per heavy atom. The van der Waals surface area contributed by atoms with E-state index in [0.29, 0.717) is 12.3 Å². The van der Waals surface area contributed by atoms with E-state index in [1.54, 1.807) is 6.92 Å². The molecule has 30 heavy (non-hydrogen) atoms. The fraction of sp³-hybridized carbons (Fsp3) is 0.350. The molecule has 1 aliphatic rings. The van der Waals surface area contributed by atoms with Gasteiger partial charge in [0.25, 0.3) is 5.91 Å². The third-order valence-electron chi connectivity index (χ3n) is 4.54. The Balaban J connectivity index is 1.87. The molecular formula is C20H24FN5O4. The highest BCUT2D eigenvalue weighted by Crippen LogP contribution is 2.31.